The zero-order valence-electron chi connectivity index (χ0n) is 12.3. The van der Waals surface area contributed by atoms with Crippen molar-refractivity contribution in [2.24, 2.45) is 30.7 Å². The summed E-state index contributed by atoms with van der Waals surface area (Å²) in [5.74, 6) is 3.04. The zero-order chi connectivity index (χ0) is 14.1. The monoisotopic (exact) mass is 338 g/mol. The van der Waals surface area contributed by atoms with Crippen LogP contribution in [0.4, 0.5) is 0 Å². The van der Waals surface area contributed by atoms with Crippen LogP contribution in [0.3, 0.4) is 0 Å². The molecule has 2 bridgehead atoms. The number of fused-ring (bicyclic) bond motifs is 5. The number of rotatable bonds is 2. The Morgan fingerprint density at radius 3 is 2.85 bits per heavy atom. The number of hydrogen-bond donors (Lipinski definition) is 1. The standard InChI is InChI=1S/C16H23BrN2O/c1-9-15(17)14(19(2)18-9)8-16(20)7-10-6-13(16)12-5-3-4-11(10)12/h10-13,20H,3-8H2,1-2H3. The summed E-state index contributed by atoms with van der Waals surface area (Å²) in [5.41, 5.74) is 1.69. The summed E-state index contributed by atoms with van der Waals surface area (Å²) in [6, 6.07) is 0. The highest BCUT2D eigenvalue weighted by Gasteiger charge is 2.60. The van der Waals surface area contributed by atoms with E-state index in [4.69, 9.17) is 0 Å². The fourth-order valence-electron chi connectivity index (χ4n) is 5.60. The Morgan fingerprint density at radius 1 is 1.40 bits per heavy atom. The van der Waals surface area contributed by atoms with Crippen molar-refractivity contribution in [1.29, 1.82) is 0 Å². The Morgan fingerprint density at radius 2 is 2.15 bits per heavy atom. The maximum absolute atomic E-state index is 11.3. The van der Waals surface area contributed by atoms with Crippen LogP contribution in [0.2, 0.25) is 0 Å². The summed E-state index contributed by atoms with van der Waals surface area (Å²) in [6.07, 6.45) is 7.17. The molecule has 1 aromatic rings. The molecule has 110 valence electrons. The van der Waals surface area contributed by atoms with E-state index in [2.05, 4.69) is 21.0 Å². The maximum atomic E-state index is 11.3. The van der Waals surface area contributed by atoms with Crippen LogP contribution in [-0.4, -0.2) is 20.5 Å². The fourth-order valence-corrected chi connectivity index (χ4v) is 6.08. The number of hydrogen-bond acceptors (Lipinski definition) is 2. The zero-order valence-corrected chi connectivity index (χ0v) is 13.9. The Bertz CT molecular complexity index is 555. The number of aliphatic hydroxyl groups is 1. The summed E-state index contributed by atoms with van der Waals surface area (Å²) in [6.45, 7) is 2.02. The second-order valence-electron chi connectivity index (χ2n) is 7.32. The molecule has 0 radical (unpaired) electrons. The lowest BCUT2D eigenvalue weighted by molar-refractivity contribution is -0.0463. The lowest BCUT2D eigenvalue weighted by atomic mass is 9.71. The normalized spacial score (nSPS) is 42.4. The molecule has 4 heteroatoms. The molecule has 0 saturated heterocycles. The minimum atomic E-state index is -0.487. The Hall–Kier alpha value is -0.350. The topological polar surface area (TPSA) is 38.0 Å². The molecule has 3 saturated carbocycles. The quantitative estimate of drug-likeness (QED) is 0.898. The number of aryl methyl sites for hydroxylation is 2. The Kier molecular flexibility index (Phi) is 2.88. The van der Waals surface area contributed by atoms with Gasteiger partial charge in [-0.15, -0.1) is 0 Å². The van der Waals surface area contributed by atoms with Gasteiger partial charge in [-0.2, -0.15) is 5.10 Å². The Labute approximate surface area is 128 Å². The van der Waals surface area contributed by atoms with Crippen molar-refractivity contribution < 1.29 is 5.11 Å². The van der Waals surface area contributed by atoms with Gasteiger partial charge in [-0.05, 0) is 72.2 Å². The molecule has 20 heavy (non-hydrogen) atoms. The van der Waals surface area contributed by atoms with Crippen molar-refractivity contribution in [2.75, 3.05) is 0 Å². The molecule has 4 rings (SSSR count). The van der Waals surface area contributed by atoms with E-state index >= 15 is 0 Å². The molecule has 0 amide bonds. The first-order valence-corrected chi connectivity index (χ1v) is 8.69. The predicted octanol–water partition coefficient (Wildman–Crippen LogP) is 3.22. The van der Waals surface area contributed by atoms with Gasteiger partial charge in [0.1, 0.15) is 0 Å². The van der Waals surface area contributed by atoms with E-state index < -0.39 is 5.60 Å². The van der Waals surface area contributed by atoms with Gasteiger partial charge in [0, 0.05) is 13.5 Å². The lowest BCUT2D eigenvalue weighted by Crippen LogP contribution is -2.43. The molecule has 1 heterocycles. The minimum absolute atomic E-state index is 0.487. The van der Waals surface area contributed by atoms with Crippen LogP contribution in [-0.2, 0) is 13.5 Å². The molecule has 3 fully saturated rings. The van der Waals surface area contributed by atoms with Crippen LogP contribution in [0.25, 0.3) is 0 Å². The van der Waals surface area contributed by atoms with Crippen LogP contribution in [0.15, 0.2) is 4.47 Å². The van der Waals surface area contributed by atoms with Crippen LogP contribution in [0.1, 0.15) is 43.5 Å². The first-order chi connectivity index (χ1) is 9.49. The summed E-state index contributed by atoms with van der Waals surface area (Å²) < 4.78 is 3.02. The molecule has 3 aliphatic carbocycles. The first-order valence-electron chi connectivity index (χ1n) is 7.90. The van der Waals surface area contributed by atoms with Gasteiger partial charge in [0.2, 0.25) is 0 Å². The van der Waals surface area contributed by atoms with Crippen LogP contribution >= 0.6 is 15.9 Å². The van der Waals surface area contributed by atoms with E-state index in [1.165, 1.54) is 25.7 Å². The number of aromatic nitrogens is 2. The summed E-state index contributed by atoms with van der Waals surface area (Å²) in [5, 5.41) is 15.7. The summed E-state index contributed by atoms with van der Waals surface area (Å²) in [4.78, 5) is 0. The SMILES string of the molecule is Cc1nn(C)c(CC2(O)CC3CC2C2CCCC32)c1Br. The molecule has 1 aromatic heterocycles. The van der Waals surface area contributed by atoms with Crippen LogP contribution in [0, 0.1) is 30.6 Å². The van der Waals surface area contributed by atoms with Gasteiger partial charge in [0.15, 0.2) is 0 Å². The lowest BCUT2D eigenvalue weighted by Gasteiger charge is -2.39. The third-order valence-electron chi connectivity index (χ3n) is 6.34. The molecule has 0 spiro atoms. The molecule has 3 nitrogen and oxygen atoms in total. The largest absolute Gasteiger partial charge is 0.389 e. The van der Waals surface area contributed by atoms with Crippen LogP contribution in [0.5, 0.6) is 0 Å². The van der Waals surface area contributed by atoms with Crippen molar-refractivity contribution in [3.05, 3.63) is 15.9 Å². The van der Waals surface area contributed by atoms with E-state index in [0.29, 0.717) is 5.92 Å². The summed E-state index contributed by atoms with van der Waals surface area (Å²) >= 11 is 3.65. The van der Waals surface area contributed by atoms with Gasteiger partial charge in [0.05, 0.1) is 21.5 Å². The third-order valence-corrected chi connectivity index (χ3v) is 7.38. The average molecular weight is 339 g/mol. The number of halogens is 1. The van der Waals surface area contributed by atoms with Gasteiger partial charge in [-0.25, -0.2) is 0 Å². The highest BCUT2D eigenvalue weighted by molar-refractivity contribution is 9.10. The molecular weight excluding hydrogens is 316 g/mol. The smallest absolute Gasteiger partial charge is 0.0738 e. The molecule has 3 aliphatic rings. The molecule has 0 aliphatic heterocycles. The van der Waals surface area contributed by atoms with Crippen molar-refractivity contribution in [2.45, 2.75) is 51.0 Å². The molecular formula is C16H23BrN2O. The van der Waals surface area contributed by atoms with Gasteiger partial charge >= 0.3 is 0 Å². The van der Waals surface area contributed by atoms with Gasteiger partial charge in [-0.3, -0.25) is 4.68 Å². The fraction of sp³-hybridized carbons (Fsp3) is 0.812. The van der Waals surface area contributed by atoms with Crippen molar-refractivity contribution in [3.8, 4) is 0 Å². The average Bonchev–Trinajstić information content (AvgIpc) is 3.08. The Balaban J connectivity index is 1.63. The highest BCUT2D eigenvalue weighted by Crippen LogP contribution is 2.63. The molecule has 5 atom stereocenters. The van der Waals surface area contributed by atoms with E-state index in [9.17, 15) is 5.11 Å². The van der Waals surface area contributed by atoms with Gasteiger partial charge in [-0.1, -0.05) is 6.42 Å². The first kappa shape index (κ1) is 13.3. The van der Waals surface area contributed by atoms with E-state index in [1.807, 2.05) is 18.7 Å². The highest BCUT2D eigenvalue weighted by atomic mass is 79.9. The number of nitrogens with zero attached hydrogens (tertiary/aromatic N) is 2. The maximum Gasteiger partial charge on any atom is 0.0738 e. The van der Waals surface area contributed by atoms with Crippen molar-refractivity contribution in [1.82, 2.24) is 9.78 Å². The van der Waals surface area contributed by atoms with E-state index in [1.54, 1.807) is 0 Å². The van der Waals surface area contributed by atoms with E-state index in [-0.39, 0.29) is 0 Å². The van der Waals surface area contributed by atoms with Crippen molar-refractivity contribution >= 4 is 15.9 Å². The second kappa shape index (κ2) is 4.33. The van der Waals surface area contributed by atoms with Crippen LogP contribution < -0.4 is 0 Å². The third kappa shape index (κ3) is 1.70. The van der Waals surface area contributed by atoms with E-state index in [0.717, 1.165) is 46.5 Å². The summed E-state index contributed by atoms with van der Waals surface area (Å²) in [7, 11) is 1.99. The van der Waals surface area contributed by atoms with Gasteiger partial charge in [0.25, 0.3) is 0 Å². The minimum Gasteiger partial charge on any atom is -0.389 e. The van der Waals surface area contributed by atoms with Crippen molar-refractivity contribution in [3.63, 3.8) is 0 Å². The second-order valence-corrected chi connectivity index (χ2v) is 8.11. The molecule has 1 N–H and O–H groups in total. The van der Waals surface area contributed by atoms with Gasteiger partial charge < -0.3 is 5.11 Å². The molecule has 0 aromatic carbocycles. The molecule has 5 unspecified atom stereocenters. The predicted molar refractivity (Wildman–Crippen MR) is 81.3 cm³/mol.